The van der Waals surface area contributed by atoms with Gasteiger partial charge < -0.3 is 20.5 Å². The predicted octanol–water partition coefficient (Wildman–Crippen LogP) is 1.93. The van der Waals surface area contributed by atoms with Gasteiger partial charge in [-0.05, 0) is 24.3 Å². The first-order valence-corrected chi connectivity index (χ1v) is 7.54. The molecule has 1 aromatic rings. The molecule has 2 atom stereocenters. The van der Waals surface area contributed by atoms with Crippen LogP contribution in [0.2, 0.25) is 0 Å². The van der Waals surface area contributed by atoms with Gasteiger partial charge in [-0.25, -0.2) is 4.79 Å². The van der Waals surface area contributed by atoms with E-state index in [1.54, 1.807) is 0 Å². The number of ether oxygens (including phenoxy) is 1. The fraction of sp³-hybridized carbons (Fsp3) is 0.500. The number of carbonyl (C=O) groups excluding carboxylic acids is 1. The molecule has 0 aromatic heterocycles. The molecule has 1 aliphatic rings. The van der Waals surface area contributed by atoms with Crippen molar-refractivity contribution in [2.45, 2.75) is 25.3 Å². The van der Waals surface area contributed by atoms with E-state index in [9.17, 15) is 9.59 Å². The molecule has 1 heterocycles. The Kier molecular flexibility index (Phi) is 6.21. The molecule has 22 heavy (non-hydrogen) atoms. The van der Waals surface area contributed by atoms with Crippen LogP contribution in [0.15, 0.2) is 30.3 Å². The molecule has 0 radical (unpaired) electrons. The Morgan fingerprint density at radius 3 is 2.73 bits per heavy atom. The van der Waals surface area contributed by atoms with Gasteiger partial charge in [0.25, 0.3) is 0 Å². The first-order valence-electron chi connectivity index (χ1n) is 7.54. The van der Waals surface area contributed by atoms with Gasteiger partial charge in [0.15, 0.2) is 0 Å². The van der Waals surface area contributed by atoms with Gasteiger partial charge in [-0.3, -0.25) is 4.79 Å². The SMILES string of the molecule is O=C(O)CCNC(=O)NC(CC1CCOC1)c1ccccc1. The molecule has 1 saturated heterocycles. The summed E-state index contributed by atoms with van der Waals surface area (Å²) in [6, 6.07) is 9.35. The highest BCUT2D eigenvalue weighted by molar-refractivity contribution is 5.75. The van der Waals surface area contributed by atoms with Crippen molar-refractivity contribution in [3.8, 4) is 0 Å². The number of hydrogen-bond donors (Lipinski definition) is 3. The molecule has 1 fully saturated rings. The number of aliphatic carboxylic acids is 1. The van der Waals surface area contributed by atoms with E-state index in [0.29, 0.717) is 5.92 Å². The molecule has 120 valence electrons. The molecule has 0 aliphatic carbocycles. The van der Waals surface area contributed by atoms with Gasteiger partial charge in [0.05, 0.1) is 12.5 Å². The molecule has 6 nitrogen and oxygen atoms in total. The summed E-state index contributed by atoms with van der Waals surface area (Å²) in [7, 11) is 0. The van der Waals surface area contributed by atoms with Crippen LogP contribution in [0.5, 0.6) is 0 Å². The van der Waals surface area contributed by atoms with E-state index in [-0.39, 0.29) is 25.0 Å². The van der Waals surface area contributed by atoms with Gasteiger partial charge in [0.1, 0.15) is 0 Å². The molecule has 1 aromatic carbocycles. The molecule has 2 rings (SSSR count). The quantitative estimate of drug-likeness (QED) is 0.718. The molecule has 3 N–H and O–H groups in total. The highest BCUT2D eigenvalue weighted by Gasteiger charge is 2.23. The van der Waals surface area contributed by atoms with Crippen LogP contribution in [0, 0.1) is 5.92 Å². The van der Waals surface area contributed by atoms with Crippen LogP contribution < -0.4 is 10.6 Å². The van der Waals surface area contributed by atoms with Crippen molar-refractivity contribution in [2.24, 2.45) is 5.92 Å². The number of carbonyl (C=O) groups is 2. The van der Waals surface area contributed by atoms with E-state index in [1.165, 1.54) is 0 Å². The lowest BCUT2D eigenvalue weighted by atomic mass is 9.94. The second kappa shape index (κ2) is 8.38. The fourth-order valence-electron chi connectivity index (χ4n) is 2.56. The molecule has 2 unspecified atom stereocenters. The number of rotatable bonds is 7. The van der Waals surface area contributed by atoms with Crippen molar-refractivity contribution in [3.05, 3.63) is 35.9 Å². The number of nitrogens with one attached hydrogen (secondary N) is 2. The van der Waals surface area contributed by atoms with E-state index in [1.807, 2.05) is 30.3 Å². The Morgan fingerprint density at radius 2 is 2.09 bits per heavy atom. The first-order chi connectivity index (χ1) is 10.6. The Morgan fingerprint density at radius 1 is 1.32 bits per heavy atom. The molecule has 2 amide bonds. The maximum Gasteiger partial charge on any atom is 0.315 e. The number of carboxylic acid groups (broad SMARTS) is 1. The van der Waals surface area contributed by atoms with Gasteiger partial charge in [-0.1, -0.05) is 30.3 Å². The van der Waals surface area contributed by atoms with Crippen LogP contribution in [-0.2, 0) is 9.53 Å². The summed E-state index contributed by atoms with van der Waals surface area (Å²) < 4.78 is 5.40. The number of amides is 2. The number of hydrogen-bond acceptors (Lipinski definition) is 3. The second-order valence-corrected chi connectivity index (χ2v) is 5.47. The highest BCUT2D eigenvalue weighted by atomic mass is 16.5. The minimum absolute atomic E-state index is 0.0834. The average molecular weight is 306 g/mol. The van der Waals surface area contributed by atoms with Crippen molar-refractivity contribution in [1.82, 2.24) is 10.6 Å². The van der Waals surface area contributed by atoms with Crippen molar-refractivity contribution in [2.75, 3.05) is 19.8 Å². The summed E-state index contributed by atoms with van der Waals surface area (Å²) in [4.78, 5) is 22.4. The number of urea groups is 1. The van der Waals surface area contributed by atoms with Gasteiger partial charge >= 0.3 is 12.0 Å². The van der Waals surface area contributed by atoms with Crippen molar-refractivity contribution in [1.29, 1.82) is 0 Å². The maximum absolute atomic E-state index is 11.9. The minimum atomic E-state index is -0.928. The van der Waals surface area contributed by atoms with Crippen LogP contribution >= 0.6 is 0 Å². The average Bonchev–Trinajstić information content (AvgIpc) is 3.00. The summed E-state index contributed by atoms with van der Waals surface area (Å²) in [5.41, 5.74) is 1.04. The monoisotopic (exact) mass is 306 g/mol. The van der Waals surface area contributed by atoms with E-state index >= 15 is 0 Å². The third-order valence-electron chi connectivity index (χ3n) is 3.72. The molecule has 0 bridgehead atoms. The molecule has 6 heteroatoms. The van der Waals surface area contributed by atoms with Crippen LogP contribution in [-0.4, -0.2) is 36.9 Å². The van der Waals surface area contributed by atoms with Gasteiger partial charge in [-0.15, -0.1) is 0 Å². The zero-order valence-electron chi connectivity index (χ0n) is 12.5. The van der Waals surface area contributed by atoms with Crippen molar-refractivity contribution < 1.29 is 19.4 Å². The van der Waals surface area contributed by atoms with Crippen LogP contribution in [0.25, 0.3) is 0 Å². The minimum Gasteiger partial charge on any atom is -0.481 e. The van der Waals surface area contributed by atoms with Gasteiger partial charge in [0.2, 0.25) is 0 Å². The molecule has 0 saturated carbocycles. The van der Waals surface area contributed by atoms with Crippen molar-refractivity contribution >= 4 is 12.0 Å². The lowest BCUT2D eigenvalue weighted by Crippen LogP contribution is -2.39. The van der Waals surface area contributed by atoms with E-state index in [4.69, 9.17) is 9.84 Å². The largest absolute Gasteiger partial charge is 0.481 e. The molecule has 0 spiro atoms. The fourth-order valence-corrected chi connectivity index (χ4v) is 2.56. The van der Waals surface area contributed by atoms with Crippen LogP contribution in [0.3, 0.4) is 0 Å². The highest BCUT2D eigenvalue weighted by Crippen LogP contribution is 2.26. The Labute approximate surface area is 129 Å². The third kappa shape index (κ3) is 5.37. The summed E-state index contributed by atoms with van der Waals surface area (Å²) in [5.74, 6) is -0.493. The maximum atomic E-state index is 11.9. The summed E-state index contributed by atoms with van der Waals surface area (Å²) in [5, 5.41) is 14.1. The van der Waals surface area contributed by atoms with E-state index in [2.05, 4.69) is 10.6 Å². The Hall–Kier alpha value is -2.08. The Bertz CT molecular complexity index is 486. The zero-order valence-corrected chi connectivity index (χ0v) is 12.5. The Balaban J connectivity index is 1.92. The normalized spacial score (nSPS) is 18.6. The van der Waals surface area contributed by atoms with Gasteiger partial charge in [0, 0.05) is 19.8 Å². The molecular formula is C16H22N2O4. The third-order valence-corrected chi connectivity index (χ3v) is 3.72. The summed E-state index contributed by atoms with van der Waals surface area (Å²) in [6.45, 7) is 1.62. The predicted molar refractivity (Wildman–Crippen MR) is 81.5 cm³/mol. The smallest absolute Gasteiger partial charge is 0.315 e. The zero-order chi connectivity index (χ0) is 15.8. The van der Waals surface area contributed by atoms with Crippen molar-refractivity contribution in [3.63, 3.8) is 0 Å². The van der Waals surface area contributed by atoms with E-state index < -0.39 is 5.97 Å². The summed E-state index contributed by atoms with van der Waals surface area (Å²) in [6.07, 6.45) is 1.74. The van der Waals surface area contributed by atoms with Gasteiger partial charge in [-0.2, -0.15) is 0 Å². The molecular weight excluding hydrogens is 284 g/mol. The van der Waals surface area contributed by atoms with E-state index in [0.717, 1.165) is 31.6 Å². The topological polar surface area (TPSA) is 87.7 Å². The standard InChI is InChI=1S/C16H22N2O4/c19-15(20)6-8-17-16(21)18-14(10-12-7-9-22-11-12)13-4-2-1-3-5-13/h1-5,12,14H,6-11H2,(H,19,20)(H2,17,18,21). The summed E-state index contributed by atoms with van der Waals surface area (Å²) >= 11 is 0. The molecule has 1 aliphatic heterocycles. The first kappa shape index (κ1) is 16.3. The lowest BCUT2D eigenvalue weighted by Gasteiger charge is -2.22. The second-order valence-electron chi connectivity index (χ2n) is 5.47. The lowest BCUT2D eigenvalue weighted by molar-refractivity contribution is -0.136. The number of benzene rings is 1. The number of carboxylic acids is 1. The van der Waals surface area contributed by atoms with Crippen LogP contribution in [0.4, 0.5) is 4.79 Å². The van der Waals surface area contributed by atoms with Crippen LogP contribution in [0.1, 0.15) is 30.9 Å².